The third-order valence-corrected chi connectivity index (χ3v) is 3.23. The van der Waals surface area contributed by atoms with Gasteiger partial charge in [-0.05, 0) is 13.0 Å². The molecule has 7 heteroatoms. The number of nitrogen functional groups attached to an aromatic ring is 1. The molecule has 0 atom stereocenters. The first-order chi connectivity index (χ1) is 9.04. The number of nitrogens with two attached hydrogens (primary N) is 1. The van der Waals surface area contributed by atoms with Crippen molar-refractivity contribution in [2.75, 3.05) is 5.73 Å². The van der Waals surface area contributed by atoms with Crippen LogP contribution in [0.3, 0.4) is 0 Å². The van der Waals surface area contributed by atoms with Crippen molar-refractivity contribution in [2.24, 2.45) is 7.05 Å². The Morgan fingerprint density at radius 2 is 2.21 bits per heavy atom. The second kappa shape index (κ2) is 4.24. The van der Waals surface area contributed by atoms with Crippen LogP contribution in [0.4, 0.5) is 5.95 Å². The third kappa shape index (κ3) is 2.04. The van der Waals surface area contributed by atoms with Gasteiger partial charge in [0, 0.05) is 25.0 Å². The smallest absolute Gasteiger partial charge is 0.202 e. The summed E-state index contributed by atoms with van der Waals surface area (Å²) in [7, 11) is 1.89. The zero-order valence-electron chi connectivity index (χ0n) is 10.6. The van der Waals surface area contributed by atoms with Gasteiger partial charge >= 0.3 is 0 Å². The van der Waals surface area contributed by atoms with Crippen molar-refractivity contribution in [3.63, 3.8) is 0 Å². The molecule has 0 unspecified atom stereocenters. The maximum Gasteiger partial charge on any atom is 0.202 e. The van der Waals surface area contributed by atoms with Crippen LogP contribution in [0.2, 0.25) is 5.02 Å². The van der Waals surface area contributed by atoms with Crippen molar-refractivity contribution in [3.8, 4) is 0 Å². The minimum absolute atomic E-state index is 0.424. The first-order valence-corrected chi connectivity index (χ1v) is 6.19. The minimum Gasteiger partial charge on any atom is -0.369 e. The fourth-order valence-electron chi connectivity index (χ4n) is 2.13. The van der Waals surface area contributed by atoms with Crippen molar-refractivity contribution in [1.29, 1.82) is 0 Å². The van der Waals surface area contributed by atoms with Gasteiger partial charge in [0.05, 0.1) is 17.3 Å². The highest BCUT2D eigenvalue weighted by Crippen LogP contribution is 2.21. The van der Waals surface area contributed by atoms with Crippen molar-refractivity contribution >= 4 is 28.7 Å². The lowest BCUT2D eigenvalue weighted by atomic mass is 10.2. The second-order valence-electron chi connectivity index (χ2n) is 4.47. The van der Waals surface area contributed by atoms with Crippen molar-refractivity contribution in [3.05, 3.63) is 34.7 Å². The van der Waals surface area contributed by atoms with Gasteiger partial charge in [0.15, 0.2) is 5.65 Å². The summed E-state index contributed by atoms with van der Waals surface area (Å²) in [5, 5.41) is 4.87. The zero-order chi connectivity index (χ0) is 13.6. The van der Waals surface area contributed by atoms with Crippen molar-refractivity contribution in [2.45, 2.75) is 13.5 Å². The van der Waals surface area contributed by atoms with E-state index in [2.05, 4.69) is 15.1 Å². The molecule has 0 aromatic carbocycles. The van der Waals surface area contributed by atoms with Crippen LogP contribution in [0.1, 0.15) is 11.3 Å². The highest BCUT2D eigenvalue weighted by atomic mass is 35.5. The lowest BCUT2D eigenvalue weighted by Crippen LogP contribution is -2.05. The Morgan fingerprint density at radius 3 is 2.89 bits per heavy atom. The van der Waals surface area contributed by atoms with Gasteiger partial charge in [0.1, 0.15) is 5.52 Å². The first kappa shape index (κ1) is 12.0. The molecule has 0 saturated carbocycles. The summed E-state index contributed by atoms with van der Waals surface area (Å²) in [5.74, 6) is 0.424. The maximum atomic E-state index is 5.95. The molecule has 0 spiro atoms. The van der Waals surface area contributed by atoms with Gasteiger partial charge in [-0.25, -0.2) is 9.97 Å². The quantitative estimate of drug-likeness (QED) is 0.774. The Morgan fingerprint density at radius 1 is 1.42 bits per heavy atom. The summed E-state index contributed by atoms with van der Waals surface area (Å²) in [6.45, 7) is 2.56. The van der Waals surface area contributed by atoms with Gasteiger partial charge < -0.3 is 5.73 Å². The topological polar surface area (TPSA) is 74.5 Å². The fraction of sp³-hybridized carbons (Fsp3) is 0.250. The SMILES string of the molecule is Cc1nn(C)cc1Cn1c(N)nc2cc(Cl)cnc21. The number of nitrogens with zero attached hydrogens (tertiary/aromatic N) is 5. The number of halogens is 1. The zero-order valence-corrected chi connectivity index (χ0v) is 11.4. The Balaban J connectivity index is 2.10. The molecule has 0 aliphatic carbocycles. The molecule has 3 aromatic rings. The number of hydrogen-bond acceptors (Lipinski definition) is 4. The standard InChI is InChI=1S/C12H13ClN6/c1-7-8(5-18(2)17-7)6-19-11-10(16-12(19)14)3-9(13)4-15-11/h3-5H,6H2,1-2H3,(H2,14,16). The third-order valence-electron chi connectivity index (χ3n) is 3.02. The van der Waals surface area contributed by atoms with Crippen LogP contribution >= 0.6 is 11.6 Å². The van der Waals surface area contributed by atoms with Crippen LogP contribution in [-0.2, 0) is 13.6 Å². The van der Waals surface area contributed by atoms with E-state index in [1.165, 1.54) is 0 Å². The van der Waals surface area contributed by atoms with E-state index in [-0.39, 0.29) is 0 Å². The van der Waals surface area contributed by atoms with Crippen LogP contribution < -0.4 is 5.73 Å². The Labute approximate surface area is 114 Å². The monoisotopic (exact) mass is 276 g/mol. The van der Waals surface area contributed by atoms with E-state index in [0.29, 0.717) is 23.0 Å². The minimum atomic E-state index is 0.424. The lowest BCUT2D eigenvalue weighted by molar-refractivity contribution is 0.756. The second-order valence-corrected chi connectivity index (χ2v) is 4.90. The Hall–Kier alpha value is -2.08. The average molecular weight is 277 g/mol. The number of fused-ring (bicyclic) bond motifs is 1. The number of imidazole rings is 1. The summed E-state index contributed by atoms with van der Waals surface area (Å²) in [4.78, 5) is 8.57. The van der Waals surface area contributed by atoms with Crippen LogP contribution in [0.25, 0.3) is 11.2 Å². The normalized spacial score (nSPS) is 11.3. The van der Waals surface area contributed by atoms with Crippen LogP contribution in [0.5, 0.6) is 0 Å². The van der Waals surface area contributed by atoms with Gasteiger partial charge in [-0.1, -0.05) is 11.6 Å². The van der Waals surface area contributed by atoms with E-state index in [1.54, 1.807) is 16.9 Å². The van der Waals surface area contributed by atoms with E-state index in [0.717, 1.165) is 16.9 Å². The summed E-state index contributed by atoms with van der Waals surface area (Å²) >= 11 is 5.90. The fourth-order valence-corrected chi connectivity index (χ4v) is 2.29. The summed E-state index contributed by atoms with van der Waals surface area (Å²) in [6.07, 6.45) is 3.56. The number of aryl methyl sites for hydroxylation is 2. The highest BCUT2D eigenvalue weighted by Gasteiger charge is 2.12. The molecular weight excluding hydrogens is 264 g/mol. The van der Waals surface area contributed by atoms with Gasteiger partial charge in [0.25, 0.3) is 0 Å². The average Bonchev–Trinajstić information content (AvgIpc) is 2.80. The number of rotatable bonds is 2. The molecule has 2 N–H and O–H groups in total. The predicted molar refractivity (Wildman–Crippen MR) is 74.0 cm³/mol. The molecule has 0 bridgehead atoms. The number of hydrogen-bond donors (Lipinski definition) is 1. The Kier molecular flexibility index (Phi) is 2.67. The van der Waals surface area contributed by atoms with E-state index < -0.39 is 0 Å². The molecule has 3 heterocycles. The van der Waals surface area contributed by atoms with Gasteiger partial charge in [0.2, 0.25) is 5.95 Å². The first-order valence-electron chi connectivity index (χ1n) is 5.81. The molecule has 0 saturated heterocycles. The van der Waals surface area contributed by atoms with E-state index in [9.17, 15) is 0 Å². The van der Waals surface area contributed by atoms with Gasteiger partial charge in [-0.2, -0.15) is 5.10 Å². The maximum absolute atomic E-state index is 5.95. The summed E-state index contributed by atoms with van der Waals surface area (Å²) < 4.78 is 3.64. The van der Waals surface area contributed by atoms with Crippen molar-refractivity contribution in [1.82, 2.24) is 24.3 Å². The van der Waals surface area contributed by atoms with Crippen LogP contribution in [0.15, 0.2) is 18.5 Å². The van der Waals surface area contributed by atoms with Crippen molar-refractivity contribution < 1.29 is 0 Å². The lowest BCUT2D eigenvalue weighted by Gasteiger charge is -2.04. The number of pyridine rings is 1. The van der Waals surface area contributed by atoms with E-state index >= 15 is 0 Å². The number of aromatic nitrogens is 5. The van der Waals surface area contributed by atoms with Crippen LogP contribution in [0, 0.1) is 6.92 Å². The van der Waals surface area contributed by atoms with E-state index in [1.807, 2.05) is 24.7 Å². The molecule has 98 valence electrons. The molecule has 0 radical (unpaired) electrons. The summed E-state index contributed by atoms with van der Waals surface area (Å²) in [5.41, 5.74) is 9.44. The molecule has 19 heavy (non-hydrogen) atoms. The van der Waals surface area contributed by atoms with Gasteiger partial charge in [-0.15, -0.1) is 0 Å². The molecular formula is C12H13ClN6. The largest absolute Gasteiger partial charge is 0.369 e. The molecule has 6 nitrogen and oxygen atoms in total. The Bertz CT molecular complexity index is 757. The number of anilines is 1. The molecule has 3 rings (SSSR count). The molecule has 0 aliphatic rings. The predicted octanol–water partition coefficient (Wildman–Crippen LogP) is 1.76. The molecule has 0 amide bonds. The van der Waals surface area contributed by atoms with Gasteiger partial charge in [-0.3, -0.25) is 9.25 Å². The molecule has 0 aliphatic heterocycles. The molecule has 3 aromatic heterocycles. The van der Waals surface area contributed by atoms with Crippen LogP contribution in [-0.4, -0.2) is 24.3 Å². The highest BCUT2D eigenvalue weighted by molar-refractivity contribution is 6.31. The van der Waals surface area contributed by atoms with E-state index in [4.69, 9.17) is 17.3 Å². The molecule has 0 fully saturated rings. The summed E-state index contributed by atoms with van der Waals surface area (Å²) in [6, 6.07) is 1.76.